The van der Waals surface area contributed by atoms with Gasteiger partial charge in [-0.3, -0.25) is 9.88 Å². The van der Waals surface area contributed by atoms with Gasteiger partial charge in [0, 0.05) is 24.2 Å². The molecule has 7 nitrogen and oxygen atoms in total. The smallest absolute Gasteiger partial charge is 0.169 e. The molecule has 3 aromatic carbocycles. The molecule has 3 fully saturated rings. The zero-order valence-corrected chi connectivity index (χ0v) is 24.3. The van der Waals surface area contributed by atoms with Crippen molar-refractivity contribution in [2.24, 2.45) is 11.8 Å². The maximum atomic E-state index is 11.2. The predicted octanol–water partition coefficient (Wildman–Crippen LogP) is 6.89. The van der Waals surface area contributed by atoms with Gasteiger partial charge in [0.1, 0.15) is 5.75 Å². The minimum absolute atomic E-state index is 0.225. The Kier molecular flexibility index (Phi) is 9.27. The number of aromatic nitrogens is 1. The van der Waals surface area contributed by atoms with E-state index in [0.717, 1.165) is 53.6 Å². The lowest BCUT2D eigenvalue weighted by atomic mass is 9.72. The first kappa shape index (κ1) is 28.7. The molecule has 0 spiro atoms. The Labute approximate surface area is 242 Å². The first-order chi connectivity index (χ1) is 20.1. The van der Waals surface area contributed by atoms with Crippen molar-refractivity contribution in [3.8, 4) is 28.7 Å². The zero-order chi connectivity index (χ0) is 28.8. The molecule has 41 heavy (non-hydrogen) atoms. The van der Waals surface area contributed by atoms with Gasteiger partial charge in [-0.05, 0) is 85.3 Å². The lowest BCUT2D eigenvalue weighted by Gasteiger charge is -2.51. The number of piperidine rings is 3. The van der Waals surface area contributed by atoms with Gasteiger partial charge in [-0.2, -0.15) is 0 Å². The first-order valence-corrected chi connectivity index (χ1v) is 14.3. The van der Waals surface area contributed by atoms with Crippen molar-refractivity contribution in [2.45, 2.75) is 38.3 Å². The number of hydrogen-bond acceptors (Lipinski definition) is 7. The average Bonchev–Trinajstić information content (AvgIpc) is 3.04. The van der Waals surface area contributed by atoms with Crippen molar-refractivity contribution < 1.29 is 24.1 Å². The van der Waals surface area contributed by atoms with Crippen LogP contribution in [0.3, 0.4) is 0 Å². The highest BCUT2D eigenvalue weighted by Crippen LogP contribution is 2.43. The van der Waals surface area contributed by atoms with Gasteiger partial charge < -0.3 is 24.1 Å². The molecule has 3 saturated heterocycles. The number of fused-ring (bicyclic) bond motifs is 4. The summed E-state index contributed by atoms with van der Waals surface area (Å²) in [5, 5.41) is 12.2. The Balaban J connectivity index is 0.000000175. The van der Waals surface area contributed by atoms with E-state index in [-0.39, 0.29) is 6.04 Å². The third-order valence-electron chi connectivity index (χ3n) is 8.48. The van der Waals surface area contributed by atoms with Gasteiger partial charge >= 0.3 is 0 Å². The summed E-state index contributed by atoms with van der Waals surface area (Å²) in [5.74, 6) is 5.09. The molecule has 4 aromatic rings. The van der Waals surface area contributed by atoms with E-state index in [0.29, 0.717) is 23.0 Å². The quantitative estimate of drug-likeness (QED) is 0.253. The third-order valence-corrected chi connectivity index (χ3v) is 8.48. The predicted molar refractivity (Wildman–Crippen MR) is 161 cm³/mol. The van der Waals surface area contributed by atoms with Crippen LogP contribution in [-0.2, 0) is 0 Å². The lowest BCUT2D eigenvalue weighted by Crippen LogP contribution is -2.55. The van der Waals surface area contributed by atoms with Crippen molar-refractivity contribution in [3.05, 3.63) is 84.6 Å². The summed E-state index contributed by atoms with van der Waals surface area (Å²) in [6, 6.07) is 23.1. The van der Waals surface area contributed by atoms with Crippen LogP contribution in [0.2, 0.25) is 0 Å². The van der Waals surface area contributed by atoms with Crippen LogP contribution in [0.5, 0.6) is 28.7 Å². The van der Waals surface area contributed by atoms with Crippen LogP contribution in [0.15, 0.2) is 79.0 Å². The largest absolute Gasteiger partial charge is 0.497 e. The molecule has 0 aliphatic carbocycles. The fraction of sp³-hybridized carbons (Fsp3) is 0.382. The molecule has 0 radical (unpaired) electrons. The highest BCUT2D eigenvalue weighted by atomic mass is 16.5. The maximum absolute atomic E-state index is 11.2. The maximum Gasteiger partial charge on any atom is 0.169 e. The van der Waals surface area contributed by atoms with E-state index in [2.05, 4.69) is 16.8 Å². The standard InChI is InChI=1S/C20H26N2O2.C14H14O3/c1-3-13-12-22-9-7-14(13)10-19(22)20(23)16-6-8-21-18-5-4-15(24-2)11-17(16)18;1-15-11-7-3-5-9-13(11)17-14-10-6-4-8-12(14)16-2/h4-6,8,11,13-14,19-20,23H,3,7,9-10,12H2,1-2H3;3-10H,1-2H3/t13-,14-,19+,20-;/m0./s1. The summed E-state index contributed by atoms with van der Waals surface area (Å²) in [6.45, 7) is 4.55. The van der Waals surface area contributed by atoms with Crippen molar-refractivity contribution in [3.63, 3.8) is 0 Å². The van der Waals surface area contributed by atoms with Crippen LogP contribution in [-0.4, -0.2) is 55.5 Å². The Morgan fingerprint density at radius 2 is 1.54 bits per heavy atom. The Morgan fingerprint density at radius 1 is 0.878 bits per heavy atom. The fourth-order valence-corrected chi connectivity index (χ4v) is 6.23. The van der Waals surface area contributed by atoms with Crippen molar-refractivity contribution >= 4 is 10.9 Å². The highest BCUT2D eigenvalue weighted by molar-refractivity contribution is 5.84. The molecule has 5 atom stereocenters. The van der Waals surface area contributed by atoms with E-state index in [1.165, 1.54) is 12.8 Å². The summed E-state index contributed by atoms with van der Waals surface area (Å²) in [4.78, 5) is 6.94. The number of ether oxygens (including phenoxy) is 4. The van der Waals surface area contributed by atoms with Gasteiger partial charge in [-0.1, -0.05) is 37.6 Å². The second-order valence-corrected chi connectivity index (χ2v) is 10.6. The number of nitrogens with zero attached hydrogens (tertiary/aromatic N) is 2. The normalized spacial score (nSPS) is 21.9. The molecule has 1 N–H and O–H groups in total. The molecule has 7 rings (SSSR count). The Bertz CT molecular complexity index is 1400. The summed E-state index contributed by atoms with van der Waals surface area (Å²) >= 11 is 0. The molecule has 3 aliphatic heterocycles. The van der Waals surface area contributed by atoms with Crippen LogP contribution in [0, 0.1) is 11.8 Å². The van der Waals surface area contributed by atoms with Crippen LogP contribution < -0.4 is 18.9 Å². The molecular weight excluding hydrogens is 516 g/mol. The van der Waals surface area contributed by atoms with Gasteiger partial charge in [-0.25, -0.2) is 0 Å². The number of benzene rings is 3. The van der Waals surface area contributed by atoms with Crippen LogP contribution in [0.25, 0.3) is 10.9 Å². The number of rotatable bonds is 8. The van der Waals surface area contributed by atoms with Gasteiger partial charge in [-0.15, -0.1) is 0 Å². The number of aliphatic hydroxyl groups is 1. The molecule has 0 unspecified atom stereocenters. The number of methoxy groups -OCH3 is 3. The lowest BCUT2D eigenvalue weighted by molar-refractivity contribution is -0.0562. The fourth-order valence-electron chi connectivity index (χ4n) is 6.23. The highest BCUT2D eigenvalue weighted by Gasteiger charge is 2.42. The summed E-state index contributed by atoms with van der Waals surface area (Å²) in [6.07, 6.45) is 4.97. The monoisotopic (exact) mass is 556 g/mol. The van der Waals surface area contributed by atoms with Gasteiger partial charge in [0.05, 0.1) is 33.0 Å². The van der Waals surface area contributed by atoms with Crippen molar-refractivity contribution in [2.75, 3.05) is 34.4 Å². The minimum atomic E-state index is -0.469. The molecule has 4 heterocycles. The topological polar surface area (TPSA) is 73.3 Å². The molecule has 216 valence electrons. The molecule has 7 heteroatoms. The second-order valence-electron chi connectivity index (χ2n) is 10.6. The molecule has 3 aliphatic rings. The van der Waals surface area contributed by atoms with Gasteiger partial charge in [0.15, 0.2) is 23.0 Å². The van der Waals surface area contributed by atoms with E-state index in [1.54, 1.807) is 27.5 Å². The first-order valence-electron chi connectivity index (χ1n) is 14.3. The minimum Gasteiger partial charge on any atom is -0.497 e. The number of para-hydroxylation sites is 4. The van der Waals surface area contributed by atoms with E-state index in [4.69, 9.17) is 18.9 Å². The van der Waals surface area contributed by atoms with E-state index < -0.39 is 6.10 Å². The van der Waals surface area contributed by atoms with Gasteiger partial charge in [0.2, 0.25) is 0 Å². The summed E-state index contributed by atoms with van der Waals surface area (Å²) in [7, 11) is 4.90. The van der Waals surface area contributed by atoms with E-state index >= 15 is 0 Å². The molecule has 2 bridgehead atoms. The summed E-state index contributed by atoms with van der Waals surface area (Å²) in [5.41, 5.74) is 1.89. The molecule has 1 aromatic heterocycles. The van der Waals surface area contributed by atoms with Crippen molar-refractivity contribution in [1.29, 1.82) is 0 Å². The third kappa shape index (κ3) is 6.26. The molecular formula is C34H40N2O5. The molecule has 0 saturated carbocycles. The average molecular weight is 557 g/mol. The number of hydrogen-bond donors (Lipinski definition) is 1. The second kappa shape index (κ2) is 13.2. The van der Waals surface area contributed by atoms with E-state index in [9.17, 15) is 5.11 Å². The zero-order valence-electron chi connectivity index (χ0n) is 24.3. The number of pyridine rings is 1. The Morgan fingerprint density at radius 3 is 2.10 bits per heavy atom. The SMILES string of the molecule is CC[C@H]1C[N@]2CC[C@H]1C[C@@H]2[C@@H](O)c1ccnc2ccc(OC)cc12.COc1ccccc1Oc1ccccc1OC. The Hall–Kier alpha value is -3.81. The van der Waals surface area contributed by atoms with Crippen LogP contribution in [0.1, 0.15) is 37.9 Å². The van der Waals surface area contributed by atoms with Gasteiger partial charge in [0.25, 0.3) is 0 Å². The summed E-state index contributed by atoms with van der Waals surface area (Å²) < 4.78 is 21.6. The molecule has 0 amide bonds. The number of aliphatic hydroxyl groups excluding tert-OH is 1. The van der Waals surface area contributed by atoms with E-state index in [1.807, 2.05) is 72.8 Å². The van der Waals surface area contributed by atoms with Crippen LogP contribution >= 0.6 is 0 Å². The van der Waals surface area contributed by atoms with Crippen molar-refractivity contribution in [1.82, 2.24) is 9.88 Å². The van der Waals surface area contributed by atoms with Crippen LogP contribution in [0.4, 0.5) is 0 Å².